The zero-order valence-corrected chi connectivity index (χ0v) is 8.23. The van der Waals surface area contributed by atoms with E-state index >= 15 is 0 Å². The molecule has 2 rings (SSSR count). The van der Waals surface area contributed by atoms with Crippen molar-refractivity contribution >= 4 is 28.9 Å². The van der Waals surface area contributed by atoms with Crippen LogP contribution in [-0.2, 0) is 4.79 Å². The van der Waals surface area contributed by atoms with Crippen LogP contribution in [0, 0.1) is 5.82 Å². The Kier molecular flexibility index (Phi) is 2.07. The zero-order valence-electron chi connectivity index (χ0n) is 7.47. The molecule has 0 spiro atoms. The number of anilines is 2. The van der Waals surface area contributed by atoms with Crippen molar-refractivity contribution in [3.05, 3.63) is 23.0 Å². The smallest absolute Gasteiger partial charge is 0.243 e. The van der Waals surface area contributed by atoms with Gasteiger partial charge in [0, 0.05) is 13.1 Å². The standard InChI is InChI=1S/C9H8ClFN2O/c1-13-4-9(14)12-7-2-5(10)6(11)3-8(7)13/h2-3H,4H2,1H3,(H,12,14). The topological polar surface area (TPSA) is 32.3 Å². The van der Waals surface area contributed by atoms with E-state index < -0.39 is 5.82 Å². The summed E-state index contributed by atoms with van der Waals surface area (Å²) in [5, 5.41) is 2.64. The van der Waals surface area contributed by atoms with Crippen LogP contribution in [0.3, 0.4) is 0 Å². The summed E-state index contributed by atoms with van der Waals surface area (Å²) >= 11 is 5.60. The van der Waals surface area contributed by atoms with Gasteiger partial charge < -0.3 is 10.2 Å². The van der Waals surface area contributed by atoms with Crippen molar-refractivity contribution < 1.29 is 9.18 Å². The highest BCUT2D eigenvalue weighted by molar-refractivity contribution is 6.31. The number of rotatable bonds is 0. The summed E-state index contributed by atoms with van der Waals surface area (Å²) in [5.41, 5.74) is 1.20. The SMILES string of the molecule is CN1CC(=O)Nc2cc(Cl)c(F)cc21. The molecule has 0 radical (unpaired) electrons. The molecule has 0 atom stereocenters. The number of carbonyl (C=O) groups excluding carboxylic acids is 1. The maximum Gasteiger partial charge on any atom is 0.243 e. The number of halogens is 2. The van der Waals surface area contributed by atoms with E-state index in [1.807, 2.05) is 0 Å². The minimum atomic E-state index is -0.478. The van der Waals surface area contributed by atoms with Crippen molar-refractivity contribution in [1.82, 2.24) is 0 Å². The van der Waals surface area contributed by atoms with Crippen LogP contribution in [0.25, 0.3) is 0 Å². The summed E-state index contributed by atoms with van der Waals surface area (Å²) in [6.07, 6.45) is 0. The Hall–Kier alpha value is -1.29. The van der Waals surface area contributed by atoms with E-state index in [-0.39, 0.29) is 17.5 Å². The average molecular weight is 215 g/mol. The van der Waals surface area contributed by atoms with Crippen molar-refractivity contribution in [1.29, 1.82) is 0 Å². The third-order valence-corrected chi connectivity index (χ3v) is 2.39. The van der Waals surface area contributed by atoms with Gasteiger partial charge in [0.2, 0.25) is 5.91 Å². The van der Waals surface area contributed by atoms with E-state index in [2.05, 4.69) is 5.32 Å². The summed E-state index contributed by atoms with van der Waals surface area (Å²) in [7, 11) is 1.73. The summed E-state index contributed by atoms with van der Waals surface area (Å²) in [5.74, 6) is -0.601. The van der Waals surface area contributed by atoms with Crippen LogP contribution in [0.1, 0.15) is 0 Å². The molecule has 0 saturated heterocycles. The average Bonchev–Trinajstić information content (AvgIpc) is 2.08. The van der Waals surface area contributed by atoms with Crippen molar-refractivity contribution in [2.45, 2.75) is 0 Å². The second-order valence-corrected chi connectivity index (χ2v) is 3.59. The van der Waals surface area contributed by atoms with E-state index in [0.29, 0.717) is 11.4 Å². The second kappa shape index (κ2) is 3.13. The van der Waals surface area contributed by atoms with Crippen LogP contribution < -0.4 is 10.2 Å². The Morgan fingerprint density at radius 2 is 2.29 bits per heavy atom. The van der Waals surface area contributed by atoms with Gasteiger partial charge in [-0.15, -0.1) is 0 Å². The number of benzene rings is 1. The molecule has 0 aromatic heterocycles. The van der Waals surface area contributed by atoms with E-state index in [1.54, 1.807) is 11.9 Å². The Bertz CT molecular complexity index is 408. The predicted octanol–water partition coefficient (Wildman–Crippen LogP) is 1.87. The summed E-state index contributed by atoms with van der Waals surface area (Å²) < 4.78 is 13.1. The van der Waals surface area contributed by atoms with Gasteiger partial charge in [-0.25, -0.2) is 4.39 Å². The van der Waals surface area contributed by atoms with Crippen molar-refractivity contribution in [3.63, 3.8) is 0 Å². The molecule has 14 heavy (non-hydrogen) atoms. The molecule has 0 aliphatic carbocycles. The van der Waals surface area contributed by atoms with Gasteiger partial charge in [-0.05, 0) is 6.07 Å². The van der Waals surface area contributed by atoms with E-state index in [4.69, 9.17) is 11.6 Å². The Morgan fingerprint density at radius 3 is 3.00 bits per heavy atom. The lowest BCUT2D eigenvalue weighted by atomic mass is 10.2. The first-order valence-electron chi connectivity index (χ1n) is 4.08. The molecule has 1 aliphatic rings. The number of hydrogen-bond donors (Lipinski definition) is 1. The predicted molar refractivity (Wildman–Crippen MR) is 53.3 cm³/mol. The molecular formula is C9H8ClFN2O. The highest BCUT2D eigenvalue weighted by atomic mass is 35.5. The summed E-state index contributed by atoms with van der Waals surface area (Å²) in [6, 6.07) is 2.73. The zero-order chi connectivity index (χ0) is 10.3. The monoisotopic (exact) mass is 214 g/mol. The molecule has 0 bridgehead atoms. The van der Waals surface area contributed by atoms with Gasteiger partial charge in [0.25, 0.3) is 0 Å². The van der Waals surface area contributed by atoms with Gasteiger partial charge in [-0.2, -0.15) is 0 Å². The highest BCUT2D eigenvalue weighted by Gasteiger charge is 2.20. The van der Waals surface area contributed by atoms with Crippen LogP contribution in [-0.4, -0.2) is 19.5 Å². The number of amides is 1. The highest BCUT2D eigenvalue weighted by Crippen LogP contribution is 2.32. The molecule has 74 valence electrons. The molecule has 1 N–H and O–H groups in total. The first kappa shape index (κ1) is 9.27. The lowest BCUT2D eigenvalue weighted by molar-refractivity contribution is -0.115. The second-order valence-electron chi connectivity index (χ2n) is 3.19. The van der Waals surface area contributed by atoms with Crippen molar-refractivity contribution in [3.8, 4) is 0 Å². The lowest BCUT2D eigenvalue weighted by Gasteiger charge is -2.27. The maximum absolute atomic E-state index is 13.1. The fourth-order valence-electron chi connectivity index (χ4n) is 1.44. The molecule has 3 nitrogen and oxygen atoms in total. The van der Waals surface area contributed by atoms with Crippen molar-refractivity contribution in [2.75, 3.05) is 23.8 Å². The Labute approximate surface area is 85.5 Å². The minimum Gasteiger partial charge on any atom is -0.364 e. The molecule has 1 aliphatic heterocycles. The Morgan fingerprint density at radius 1 is 1.57 bits per heavy atom. The summed E-state index contributed by atoms with van der Waals surface area (Å²) in [4.78, 5) is 12.8. The molecule has 1 amide bonds. The lowest BCUT2D eigenvalue weighted by Crippen LogP contribution is -2.35. The molecular weight excluding hydrogens is 207 g/mol. The molecule has 0 saturated carbocycles. The quantitative estimate of drug-likeness (QED) is 0.715. The van der Waals surface area contributed by atoms with Crippen molar-refractivity contribution in [2.24, 2.45) is 0 Å². The van der Waals surface area contributed by atoms with Gasteiger partial charge in [-0.3, -0.25) is 4.79 Å². The van der Waals surface area contributed by atoms with Crippen LogP contribution in [0.4, 0.5) is 15.8 Å². The maximum atomic E-state index is 13.1. The summed E-state index contributed by atoms with van der Waals surface area (Å²) in [6.45, 7) is 0.230. The molecule has 0 unspecified atom stereocenters. The normalized spacial score (nSPS) is 15.1. The largest absolute Gasteiger partial charge is 0.364 e. The number of hydrogen-bond acceptors (Lipinski definition) is 2. The first-order valence-corrected chi connectivity index (χ1v) is 4.46. The molecule has 5 heteroatoms. The van der Waals surface area contributed by atoms with Gasteiger partial charge in [-0.1, -0.05) is 11.6 Å². The van der Waals surface area contributed by atoms with Gasteiger partial charge in [0.1, 0.15) is 5.82 Å². The van der Waals surface area contributed by atoms with E-state index in [0.717, 1.165) is 0 Å². The molecule has 1 aromatic rings. The molecule has 1 heterocycles. The fraction of sp³-hybridized carbons (Fsp3) is 0.222. The van der Waals surface area contributed by atoms with E-state index in [9.17, 15) is 9.18 Å². The number of carbonyl (C=O) groups is 1. The Balaban J connectivity index is 2.54. The van der Waals surface area contributed by atoms with Crippen LogP contribution in [0.2, 0.25) is 5.02 Å². The van der Waals surface area contributed by atoms with Crippen LogP contribution in [0.5, 0.6) is 0 Å². The molecule has 0 fully saturated rings. The molecule has 1 aromatic carbocycles. The fourth-order valence-corrected chi connectivity index (χ4v) is 1.61. The van der Waals surface area contributed by atoms with Crippen LogP contribution >= 0.6 is 11.6 Å². The third kappa shape index (κ3) is 1.42. The first-order chi connectivity index (χ1) is 6.58. The van der Waals surface area contributed by atoms with Gasteiger partial charge >= 0.3 is 0 Å². The van der Waals surface area contributed by atoms with Gasteiger partial charge in [0.05, 0.1) is 22.9 Å². The number of nitrogens with zero attached hydrogens (tertiary/aromatic N) is 1. The number of fused-ring (bicyclic) bond motifs is 1. The third-order valence-electron chi connectivity index (χ3n) is 2.10. The van der Waals surface area contributed by atoms with Gasteiger partial charge in [0.15, 0.2) is 0 Å². The van der Waals surface area contributed by atoms with E-state index in [1.165, 1.54) is 12.1 Å². The van der Waals surface area contributed by atoms with Crippen LogP contribution in [0.15, 0.2) is 12.1 Å². The minimum absolute atomic E-state index is 0.0133. The number of nitrogens with one attached hydrogen (secondary N) is 1. The number of likely N-dealkylation sites (N-methyl/N-ethyl adjacent to an activating group) is 1.